The lowest BCUT2D eigenvalue weighted by Gasteiger charge is -2.11. The van der Waals surface area contributed by atoms with Crippen LogP contribution in [0.15, 0.2) is 48.5 Å². The Morgan fingerprint density at radius 1 is 1.00 bits per heavy atom. The van der Waals surface area contributed by atoms with Gasteiger partial charge in [0.15, 0.2) is 0 Å². The topological polar surface area (TPSA) is 76.1 Å². The zero-order chi connectivity index (χ0) is 19.4. The van der Waals surface area contributed by atoms with E-state index in [9.17, 15) is 4.79 Å². The highest BCUT2D eigenvalue weighted by atomic mass is 35.5. The van der Waals surface area contributed by atoms with Gasteiger partial charge in [-0.15, -0.1) is 0 Å². The van der Waals surface area contributed by atoms with Crippen LogP contribution in [0.25, 0.3) is 0 Å². The summed E-state index contributed by atoms with van der Waals surface area (Å²) < 4.78 is 5.24. The Balaban J connectivity index is 1.73. The van der Waals surface area contributed by atoms with Crippen molar-refractivity contribution >= 4 is 34.8 Å². The standard InChI is InChI=1S/C20H19ClN4O2/c1-12-10-13(2)23-20(22-12)24-16-7-4-14(5-8-16)19(26)25-17-11-15(21)6-9-18(17)27-3/h4-11H,1-3H3,(H,25,26)(H,22,23,24). The number of hydrogen-bond donors (Lipinski definition) is 2. The lowest BCUT2D eigenvalue weighted by atomic mass is 10.2. The molecular weight excluding hydrogens is 364 g/mol. The van der Waals surface area contributed by atoms with Crippen LogP contribution in [0, 0.1) is 13.8 Å². The molecule has 2 N–H and O–H groups in total. The van der Waals surface area contributed by atoms with Gasteiger partial charge in [-0.05, 0) is 62.4 Å². The van der Waals surface area contributed by atoms with E-state index in [-0.39, 0.29) is 5.91 Å². The molecule has 7 heteroatoms. The lowest BCUT2D eigenvalue weighted by molar-refractivity contribution is 0.102. The average molecular weight is 383 g/mol. The fourth-order valence-electron chi connectivity index (χ4n) is 2.59. The number of nitrogens with zero attached hydrogens (tertiary/aromatic N) is 2. The van der Waals surface area contributed by atoms with Gasteiger partial charge < -0.3 is 15.4 Å². The summed E-state index contributed by atoms with van der Waals surface area (Å²) in [5.41, 5.74) is 3.58. The molecule has 0 fully saturated rings. The second kappa shape index (κ2) is 8.05. The van der Waals surface area contributed by atoms with Crippen LogP contribution in [-0.4, -0.2) is 23.0 Å². The van der Waals surface area contributed by atoms with E-state index in [1.807, 2.05) is 19.9 Å². The van der Waals surface area contributed by atoms with Crippen molar-refractivity contribution in [3.05, 3.63) is 70.5 Å². The lowest BCUT2D eigenvalue weighted by Crippen LogP contribution is -2.12. The summed E-state index contributed by atoms with van der Waals surface area (Å²) in [4.78, 5) is 21.2. The van der Waals surface area contributed by atoms with Crippen LogP contribution in [0.5, 0.6) is 5.75 Å². The predicted octanol–water partition coefficient (Wildman–Crippen LogP) is 4.75. The minimum absolute atomic E-state index is 0.259. The van der Waals surface area contributed by atoms with Gasteiger partial charge in [0.2, 0.25) is 5.95 Å². The SMILES string of the molecule is COc1ccc(Cl)cc1NC(=O)c1ccc(Nc2nc(C)cc(C)n2)cc1. The van der Waals surface area contributed by atoms with Crippen LogP contribution in [0.1, 0.15) is 21.7 Å². The Kier molecular flexibility index (Phi) is 5.57. The molecule has 0 aliphatic heterocycles. The van der Waals surface area contributed by atoms with Gasteiger partial charge in [0.1, 0.15) is 5.75 Å². The Hall–Kier alpha value is -3.12. The number of carbonyl (C=O) groups is 1. The van der Waals surface area contributed by atoms with Crippen molar-refractivity contribution in [1.82, 2.24) is 9.97 Å². The number of ether oxygens (including phenoxy) is 1. The first-order chi connectivity index (χ1) is 12.9. The molecule has 3 aromatic rings. The van der Waals surface area contributed by atoms with E-state index in [1.165, 1.54) is 7.11 Å². The second-order valence-electron chi connectivity index (χ2n) is 5.98. The molecule has 138 valence electrons. The van der Waals surface area contributed by atoms with E-state index in [4.69, 9.17) is 16.3 Å². The molecule has 1 heterocycles. The maximum atomic E-state index is 12.5. The number of methoxy groups -OCH3 is 1. The Morgan fingerprint density at radius 3 is 2.30 bits per heavy atom. The molecule has 1 amide bonds. The van der Waals surface area contributed by atoms with Gasteiger partial charge in [-0.1, -0.05) is 11.6 Å². The van der Waals surface area contributed by atoms with Crippen molar-refractivity contribution in [3.63, 3.8) is 0 Å². The molecule has 0 aliphatic rings. The Bertz CT molecular complexity index is 954. The van der Waals surface area contributed by atoms with Crippen molar-refractivity contribution < 1.29 is 9.53 Å². The third kappa shape index (κ3) is 4.74. The highest BCUT2D eigenvalue weighted by Crippen LogP contribution is 2.28. The van der Waals surface area contributed by atoms with Gasteiger partial charge in [0.25, 0.3) is 5.91 Å². The zero-order valence-corrected chi connectivity index (χ0v) is 16.0. The molecule has 0 spiro atoms. The number of anilines is 3. The normalized spacial score (nSPS) is 10.4. The molecule has 0 radical (unpaired) electrons. The van der Waals surface area contributed by atoms with Crippen LogP contribution in [0.2, 0.25) is 5.02 Å². The molecule has 27 heavy (non-hydrogen) atoms. The second-order valence-corrected chi connectivity index (χ2v) is 6.41. The molecule has 2 aromatic carbocycles. The minimum Gasteiger partial charge on any atom is -0.495 e. The van der Waals surface area contributed by atoms with Crippen LogP contribution >= 0.6 is 11.6 Å². The Labute approximate surface area is 162 Å². The van der Waals surface area contributed by atoms with Crippen LogP contribution in [-0.2, 0) is 0 Å². The minimum atomic E-state index is -0.259. The fourth-order valence-corrected chi connectivity index (χ4v) is 2.76. The number of halogens is 1. The van der Waals surface area contributed by atoms with Crippen molar-refractivity contribution in [1.29, 1.82) is 0 Å². The largest absolute Gasteiger partial charge is 0.495 e. The van der Waals surface area contributed by atoms with Crippen molar-refractivity contribution in [2.45, 2.75) is 13.8 Å². The molecule has 6 nitrogen and oxygen atoms in total. The van der Waals surface area contributed by atoms with Crippen LogP contribution in [0.4, 0.5) is 17.3 Å². The molecule has 0 unspecified atom stereocenters. The highest BCUT2D eigenvalue weighted by molar-refractivity contribution is 6.31. The summed E-state index contributed by atoms with van der Waals surface area (Å²) in [6, 6.07) is 14.0. The predicted molar refractivity (Wildman–Crippen MR) is 107 cm³/mol. The maximum absolute atomic E-state index is 12.5. The van der Waals surface area contributed by atoms with Crippen LogP contribution in [0.3, 0.4) is 0 Å². The van der Waals surface area contributed by atoms with Crippen molar-refractivity contribution in [2.24, 2.45) is 0 Å². The first-order valence-electron chi connectivity index (χ1n) is 8.29. The van der Waals surface area contributed by atoms with Gasteiger partial charge in [-0.25, -0.2) is 9.97 Å². The molecule has 3 rings (SSSR count). The third-order valence-electron chi connectivity index (χ3n) is 3.80. The first-order valence-corrected chi connectivity index (χ1v) is 8.66. The summed E-state index contributed by atoms with van der Waals surface area (Å²) in [5.74, 6) is 0.802. The molecule has 0 atom stereocenters. The summed E-state index contributed by atoms with van der Waals surface area (Å²) >= 11 is 6.00. The number of amides is 1. The highest BCUT2D eigenvalue weighted by Gasteiger charge is 2.11. The van der Waals surface area contributed by atoms with E-state index in [0.29, 0.717) is 28.0 Å². The zero-order valence-electron chi connectivity index (χ0n) is 15.2. The smallest absolute Gasteiger partial charge is 0.255 e. The number of carbonyl (C=O) groups excluding carboxylic acids is 1. The number of aromatic nitrogens is 2. The number of hydrogen-bond acceptors (Lipinski definition) is 5. The van der Waals surface area contributed by atoms with E-state index in [0.717, 1.165) is 17.1 Å². The van der Waals surface area contributed by atoms with E-state index >= 15 is 0 Å². The fraction of sp³-hybridized carbons (Fsp3) is 0.150. The van der Waals surface area contributed by atoms with Gasteiger partial charge in [-0.2, -0.15) is 0 Å². The number of aryl methyl sites for hydroxylation is 2. The van der Waals surface area contributed by atoms with E-state index < -0.39 is 0 Å². The molecule has 0 saturated heterocycles. The molecule has 0 saturated carbocycles. The summed E-state index contributed by atoms with van der Waals surface area (Å²) in [6.45, 7) is 3.83. The summed E-state index contributed by atoms with van der Waals surface area (Å²) in [5, 5.41) is 6.46. The van der Waals surface area contributed by atoms with Crippen LogP contribution < -0.4 is 15.4 Å². The first kappa shape index (κ1) is 18.7. The van der Waals surface area contributed by atoms with Gasteiger partial charge in [0.05, 0.1) is 12.8 Å². The monoisotopic (exact) mass is 382 g/mol. The number of rotatable bonds is 5. The van der Waals surface area contributed by atoms with Gasteiger partial charge >= 0.3 is 0 Å². The van der Waals surface area contributed by atoms with E-state index in [2.05, 4.69) is 20.6 Å². The summed E-state index contributed by atoms with van der Waals surface area (Å²) in [7, 11) is 1.54. The number of nitrogens with one attached hydrogen (secondary N) is 2. The van der Waals surface area contributed by atoms with Crippen molar-refractivity contribution in [2.75, 3.05) is 17.7 Å². The molecule has 0 aliphatic carbocycles. The number of benzene rings is 2. The third-order valence-corrected chi connectivity index (χ3v) is 4.03. The quantitative estimate of drug-likeness (QED) is 0.665. The van der Waals surface area contributed by atoms with Gasteiger partial charge in [0, 0.05) is 27.7 Å². The molecule has 0 bridgehead atoms. The average Bonchev–Trinajstić information content (AvgIpc) is 2.61. The molecular formula is C20H19ClN4O2. The molecule has 1 aromatic heterocycles. The van der Waals surface area contributed by atoms with Gasteiger partial charge in [-0.3, -0.25) is 4.79 Å². The van der Waals surface area contributed by atoms with Crippen molar-refractivity contribution in [3.8, 4) is 5.75 Å². The summed E-state index contributed by atoms with van der Waals surface area (Å²) in [6.07, 6.45) is 0. The maximum Gasteiger partial charge on any atom is 0.255 e. The Morgan fingerprint density at radius 2 is 1.67 bits per heavy atom. The van der Waals surface area contributed by atoms with E-state index in [1.54, 1.807) is 42.5 Å².